The van der Waals surface area contributed by atoms with Crippen molar-refractivity contribution in [3.63, 3.8) is 0 Å². The highest BCUT2D eigenvalue weighted by Gasteiger charge is 2.03. The Bertz CT molecular complexity index is 544. The predicted octanol–water partition coefficient (Wildman–Crippen LogP) is 6.13. The van der Waals surface area contributed by atoms with Crippen molar-refractivity contribution < 1.29 is 9.59 Å². The zero-order valence-corrected chi connectivity index (χ0v) is 17.3. The maximum absolute atomic E-state index is 11.4. The molecule has 0 saturated carbocycles. The summed E-state index contributed by atoms with van der Waals surface area (Å²) in [6, 6.07) is 18.9. The van der Waals surface area contributed by atoms with E-state index in [4.69, 9.17) is 0 Å². The summed E-state index contributed by atoms with van der Waals surface area (Å²) in [5.74, 6) is 0.488. The average molecular weight is 501 g/mol. The number of hydrogen-bond acceptors (Lipinski definition) is 2. The minimum absolute atomic E-state index is 0.232. The van der Waals surface area contributed by atoms with Crippen LogP contribution < -0.4 is 0 Å². The van der Waals surface area contributed by atoms with E-state index < -0.39 is 0 Å². The van der Waals surface area contributed by atoms with Gasteiger partial charge in [-0.3, -0.25) is 9.59 Å². The average Bonchev–Trinajstić information content (AvgIpc) is 2.66. The number of alkyl halides is 2. The monoisotopic (exact) mass is 500 g/mol. The highest BCUT2D eigenvalue weighted by molar-refractivity contribution is 14.1. The van der Waals surface area contributed by atoms with Crippen LogP contribution in [-0.4, -0.2) is 21.3 Å². The van der Waals surface area contributed by atoms with Crippen molar-refractivity contribution in [2.75, 3.05) is 9.76 Å². The van der Waals surface area contributed by atoms with Crippen molar-refractivity contribution >= 4 is 50.1 Å². The number of halogens is 2. The Morgan fingerprint density at radius 3 is 1.54 bits per heavy atom. The Morgan fingerprint density at radius 1 is 0.750 bits per heavy atom. The smallest absolute Gasteiger partial charge is 0.162 e. The SMILES string of the molecule is O=C(CCCBr)c1ccccc1.O=C(CCCI)c1ccccc1. The molecule has 2 aromatic carbocycles. The summed E-state index contributed by atoms with van der Waals surface area (Å²) in [7, 11) is 0. The van der Waals surface area contributed by atoms with Crippen LogP contribution in [0.15, 0.2) is 60.7 Å². The molecule has 0 bridgehead atoms. The van der Waals surface area contributed by atoms with Gasteiger partial charge < -0.3 is 0 Å². The number of hydrogen-bond donors (Lipinski definition) is 0. The Morgan fingerprint density at radius 2 is 1.17 bits per heavy atom. The second-order valence-electron chi connectivity index (χ2n) is 5.16. The van der Waals surface area contributed by atoms with Crippen molar-refractivity contribution in [3.05, 3.63) is 71.8 Å². The molecule has 0 heterocycles. The predicted molar refractivity (Wildman–Crippen MR) is 113 cm³/mol. The summed E-state index contributed by atoms with van der Waals surface area (Å²) >= 11 is 5.59. The summed E-state index contributed by atoms with van der Waals surface area (Å²) in [6.45, 7) is 0. The first-order valence-corrected chi connectivity index (χ1v) is 10.6. The van der Waals surface area contributed by atoms with Crippen molar-refractivity contribution in [2.45, 2.75) is 25.7 Å². The van der Waals surface area contributed by atoms with Crippen LogP contribution in [0.2, 0.25) is 0 Å². The van der Waals surface area contributed by atoms with Crippen molar-refractivity contribution in [2.24, 2.45) is 0 Å². The Kier molecular flexibility index (Phi) is 11.7. The molecule has 0 radical (unpaired) electrons. The zero-order chi connectivity index (χ0) is 17.6. The van der Waals surface area contributed by atoms with E-state index in [0.29, 0.717) is 12.8 Å². The fourth-order valence-electron chi connectivity index (χ4n) is 1.99. The molecule has 2 nitrogen and oxygen atoms in total. The zero-order valence-electron chi connectivity index (χ0n) is 13.6. The molecule has 0 atom stereocenters. The largest absolute Gasteiger partial charge is 0.294 e. The second kappa shape index (κ2) is 13.3. The molecular weight excluding hydrogens is 479 g/mol. The van der Waals surface area contributed by atoms with Crippen LogP contribution in [0, 0.1) is 0 Å². The van der Waals surface area contributed by atoms with Gasteiger partial charge in [0.15, 0.2) is 11.6 Å². The minimum atomic E-state index is 0.232. The maximum atomic E-state index is 11.4. The standard InChI is InChI=1S/C10H11BrO.C10H11IO/c2*11-8-4-7-10(12)9-5-2-1-3-6-9/h2*1-3,5-6H,4,7-8H2. The van der Waals surface area contributed by atoms with Crippen molar-refractivity contribution in [1.29, 1.82) is 0 Å². The van der Waals surface area contributed by atoms with E-state index in [1.807, 2.05) is 60.7 Å². The van der Waals surface area contributed by atoms with Gasteiger partial charge in [0.25, 0.3) is 0 Å². The first kappa shape index (κ1) is 21.0. The van der Waals surface area contributed by atoms with E-state index >= 15 is 0 Å². The van der Waals surface area contributed by atoms with Crippen LogP contribution >= 0.6 is 38.5 Å². The van der Waals surface area contributed by atoms with Crippen LogP contribution in [0.3, 0.4) is 0 Å². The van der Waals surface area contributed by atoms with Gasteiger partial charge in [0.2, 0.25) is 0 Å². The van der Waals surface area contributed by atoms with E-state index in [0.717, 1.165) is 33.7 Å². The third kappa shape index (κ3) is 8.73. The lowest BCUT2D eigenvalue weighted by molar-refractivity contribution is 0.0974. The fraction of sp³-hybridized carbons (Fsp3) is 0.300. The van der Waals surface area contributed by atoms with Crippen LogP contribution in [-0.2, 0) is 0 Å². The highest BCUT2D eigenvalue weighted by Crippen LogP contribution is 2.06. The lowest BCUT2D eigenvalue weighted by Gasteiger charge is -1.97. The molecule has 24 heavy (non-hydrogen) atoms. The van der Waals surface area contributed by atoms with Gasteiger partial charge in [0, 0.05) is 29.3 Å². The number of carbonyl (C=O) groups is 2. The van der Waals surface area contributed by atoms with E-state index in [-0.39, 0.29) is 11.6 Å². The number of rotatable bonds is 8. The second-order valence-corrected chi connectivity index (χ2v) is 7.04. The summed E-state index contributed by atoms with van der Waals surface area (Å²) in [4.78, 5) is 22.8. The Hall–Kier alpha value is -1.01. The molecule has 0 amide bonds. The molecule has 0 unspecified atom stereocenters. The molecular formula is C20H22BrIO2. The van der Waals surface area contributed by atoms with Gasteiger partial charge in [-0.25, -0.2) is 0 Å². The third-order valence-electron chi connectivity index (χ3n) is 3.27. The van der Waals surface area contributed by atoms with Crippen LogP contribution in [0.25, 0.3) is 0 Å². The van der Waals surface area contributed by atoms with Gasteiger partial charge in [-0.1, -0.05) is 99.2 Å². The quantitative estimate of drug-likeness (QED) is 0.248. The molecule has 0 aromatic heterocycles. The van der Waals surface area contributed by atoms with E-state index in [1.165, 1.54) is 0 Å². The van der Waals surface area contributed by atoms with E-state index in [2.05, 4.69) is 38.5 Å². The molecule has 0 saturated heterocycles. The summed E-state index contributed by atoms with van der Waals surface area (Å²) in [5, 5.41) is 0.894. The fourth-order valence-corrected chi connectivity index (χ4v) is 2.65. The van der Waals surface area contributed by atoms with E-state index in [1.54, 1.807) is 0 Å². The van der Waals surface area contributed by atoms with Crippen molar-refractivity contribution in [1.82, 2.24) is 0 Å². The van der Waals surface area contributed by atoms with Gasteiger partial charge in [0.1, 0.15) is 0 Å². The molecule has 0 aliphatic carbocycles. The van der Waals surface area contributed by atoms with Gasteiger partial charge in [0.05, 0.1) is 0 Å². The summed E-state index contributed by atoms with van der Waals surface area (Å²) in [5.41, 5.74) is 1.65. The molecule has 2 aromatic rings. The van der Waals surface area contributed by atoms with Gasteiger partial charge >= 0.3 is 0 Å². The van der Waals surface area contributed by atoms with Crippen molar-refractivity contribution in [3.8, 4) is 0 Å². The normalized spacial score (nSPS) is 9.75. The number of Topliss-reactive ketones (excluding diaryl/α,β-unsaturated/α-hetero) is 2. The molecule has 0 spiro atoms. The molecule has 128 valence electrons. The van der Waals surface area contributed by atoms with Crippen LogP contribution in [0.4, 0.5) is 0 Å². The van der Waals surface area contributed by atoms with Gasteiger partial charge in [-0.05, 0) is 17.3 Å². The molecule has 0 fully saturated rings. The lowest BCUT2D eigenvalue weighted by Crippen LogP contribution is -1.98. The summed E-state index contributed by atoms with van der Waals surface area (Å²) in [6.07, 6.45) is 3.20. The van der Waals surface area contributed by atoms with E-state index in [9.17, 15) is 9.59 Å². The first-order chi connectivity index (χ1) is 11.7. The molecule has 2 rings (SSSR count). The Labute approximate surface area is 166 Å². The van der Waals surface area contributed by atoms with Gasteiger partial charge in [-0.15, -0.1) is 0 Å². The number of benzene rings is 2. The minimum Gasteiger partial charge on any atom is -0.294 e. The van der Waals surface area contributed by atoms with Crippen LogP contribution in [0.5, 0.6) is 0 Å². The molecule has 0 N–H and O–H groups in total. The third-order valence-corrected chi connectivity index (χ3v) is 4.59. The maximum Gasteiger partial charge on any atom is 0.162 e. The topological polar surface area (TPSA) is 34.1 Å². The van der Waals surface area contributed by atoms with Crippen LogP contribution in [0.1, 0.15) is 46.4 Å². The number of ketones is 2. The molecule has 0 aliphatic rings. The molecule has 4 heteroatoms. The Balaban J connectivity index is 0.000000240. The summed E-state index contributed by atoms with van der Waals surface area (Å²) < 4.78 is 1.05. The number of carbonyl (C=O) groups excluding carboxylic acids is 2. The molecule has 0 aliphatic heterocycles. The first-order valence-electron chi connectivity index (χ1n) is 7.97. The lowest BCUT2D eigenvalue weighted by atomic mass is 10.1. The van der Waals surface area contributed by atoms with Gasteiger partial charge in [-0.2, -0.15) is 0 Å². The highest BCUT2D eigenvalue weighted by atomic mass is 127.